The number of carboxylic acid groups (broad SMARTS) is 1. The van der Waals surface area contributed by atoms with E-state index in [4.69, 9.17) is 13.6 Å². The first-order valence-electron chi connectivity index (χ1n) is 10.7. The zero-order valence-electron chi connectivity index (χ0n) is 17.0. The molecule has 0 saturated heterocycles. The van der Waals surface area contributed by atoms with Crippen LogP contribution in [-0.4, -0.2) is 58.4 Å². The van der Waals surface area contributed by atoms with Crippen molar-refractivity contribution in [2.45, 2.75) is 31.7 Å². The third kappa shape index (κ3) is 3.29. The van der Waals surface area contributed by atoms with Gasteiger partial charge in [-0.2, -0.15) is 0 Å². The number of rotatable bonds is 11. The van der Waals surface area contributed by atoms with Gasteiger partial charge < -0.3 is 23.8 Å². The molecule has 0 spiro atoms. The van der Waals surface area contributed by atoms with Gasteiger partial charge >= 0.3 is 14.5 Å². The van der Waals surface area contributed by atoms with Crippen LogP contribution in [0.5, 0.6) is 0 Å². The Labute approximate surface area is 168 Å². The molecule has 0 heterocycles. The second-order valence-corrected chi connectivity index (χ2v) is 12.6. The van der Waals surface area contributed by atoms with Crippen molar-refractivity contribution in [3.63, 3.8) is 0 Å². The van der Waals surface area contributed by atoms with Crippen LogP contribution in [0.4, 0.5) is 0 Å². The summed E-state index contributed by atoms with van der Waals surface area (Å²) in [7, 11) is 0.707. The number of fused-ring (bicyclic) bond motifs is 9. The van der Waals surface area contributed by atoms with Gasteiger partial charge in [-0.1, -0.05) is 12.2 Å². The van der Waals surface area contributed by atoms with Crippen LogP contribution in [-0.2, 0) is 18.4 Å². The summed E-state index contributed by atoms with van der Waals surface area (Å²) in [4.78, 5) is 12.0. The molecule has 4 aliphatic rings. The van der Waals surface area contributed by atoms with E-state index in [1.165, 1.54) is 6.42 Å². The lowest BCUT2D eigenvalue weighted by atomic mass is 9.64. The highest BCUT2D eigenvalue weighted by Crippen LogP contribution is 2.69. The highest BCUT2D eigenvalue weighted by Gasteiger charge is 2.65. The molecule has 8 unspecified atom stereocenters. The van der Waals surface area contributed by atoms with Gasteiger partial charge in [-0.25, -0.2) is 0 Å². The van der Waals surface area contributed by atoms with Crippen molar-refractivity contribution in [2.75, 3.05) is 33.7 Å². The van der Waals surface area contributed by atoms with Gasteiger partial charge in [0.05, 0.1) is 12.1 Å². The molecular formula is C21H34O6Si. The summed E-state index contributed by atoms with van der Waals surface area (Å²) in [6, 6.07) is 0.696. The van der Waals surface area contributed by atoms with E-state index in [1.807, 2.05) is 0 Å². The van der Waals surface area contributed by atoms with Gasteiger partial charge in [-0.3, -0.25) is 4.79 Å². The van der Waals surface area contributed by atoms with Crippen LogP contribution in [0.2, 0.25) is 6.04 Å². The quantitative estimate of drug-likeness (QED) is 0.236. The Morgan fingerprint density at radius 1 is 1.07 bits per heavy atom. The normalized spacial score (nSPS) is 40.4. The second-order valence-electron chi connectivity index (χ2n) is 9.18. The Hall–Kier alpha value is -0.733. The van der Waals surface area contributed by atoms with Crippen LogP contribution in [0.25, 0.3) is 0 Å². The van der Waals surface area contributed by atoms with Crippen LogP contribution in [0, 0.1) is 47.3 Å². The highest BCUT2D eigenvalue weighted by atomic mass is 28.4. The largest absolute Gasteiger partial charge is 0.481 e. The van der Waals surface area contributed by atoms with E-state index in [9.17, 15) is 15.0 Å². The molecule has 4 bridgehead atoms. The lowest BCUT2D eigenvalue weighted by Crippen LogP contribution is -2.44. The molecule has 8 atom stereocenters. The van der Waals surface area contributed by atoms with Gasteiger partial charge in [0.25, 0.3) is 0 Å². The molecule has 0 aromatic heterocycles. The van der Waals surface area contributed by atoms with E-state index in [2.05, 4.69) is 12.2 Å². The van der Waals surface area contributed by atoms with Crippen molar-refractivity contribution < 1.29 is 28.6 Å². The van der Waals surface area contributed by atoms with E-state index in [1.54, 1.807) is 14.2 Å². The zero-order valence-corrected chi connectivity index (χ0v) is 18.0. The SMILES string of the molecule is CO[Si](CO)(CCCOCCC1C2CC(C1C(=O)O)C1C3C=CC(C3)C21)OC. The smallest absolute Gasteiger partial charge is 0.364 e. The zero-order chi connectivity index (χ0) is 19.9. The first-order valence-corrected chi connectivity index (χ1v) is 13.0. The minimum Gasteiger partial charge on any atom is -0.481 e. The van der Waals surface area contributed by atoms with Crippen molar-refractivity contribution in [3.8, 4) is 0 Å². The first-order chi connectivity index (χ1) is 13.5. The summed E-state index contributed by atoms with van der Waals surface area (Å²) in [6.45, 7) is 1.21. The topological polar surface area (TPSA) is 85.2 Å². The average molecular weight is 411 g/mol. The maximum atomic E-state index is 12.0. The van der Waals surface area contributed by atoms with Crippen LogP contribution in [0.1, 0.15) is 25.7 Å². The molecule has 0 aromatic carbocycles. The predicted octanol–water partition coefficient (Wildman–Crippen LogP) is 2.45. The summed E-state index contributed by atoms with van der Waals surface area (Å²) in [6.07, 6.45) is 8.71. The van der Waals surface area contributed by atoms with Crippen LogP contribution in [0.3, 0.4) is 0 Å². The Kier molecular flexibility index (Phi) is 6.00. The summed E-state index contributed by atoms with van der Waals surface area (Å²) < 4.78 is 16.7. The molecule has 0 radical (unpaired) electrons. The van der Waals surface area contributed by atoms with Gasteiger partial charge in [0.2, 0.25) is 0 Å². The highest BCUT2D eigenvalue weighted by molar-refractivity contribution is 6.67. The average Bonchev–Trinajstić information content (AvgIpc) is 3.46. The van der Waals surface area contributed by atoms with Gasteiger partial charge in [-0.05, 0) is 73.2 Å². The van der Waals surface area contributed by atoms with Crippen molar-refractivity contribution in [1.82, 2.24) is 0 Å². The van der Waals surface area contributed by atoms with Gasteiger partial charge in [0.15, 0.2) is 0 Å². The fourth-order valence-electron chi connectivity index (χ4n) is 7.18. The Balaban J connectivity index is 1.27. The van der Waals surface area contributed by atoms with Crippen molar-refractivity contribution in [1.29, 1.82) is 0 Å². The summed E-state index contributed by atoms with van der Waals surface area (Å²) in [5, 5.41) is 19.4. The number of aliphatic carboxylic acids is 1. The molecule has 28 heavy (non-hydrogen) atoms. The third-order valence-electron chi connectivity index (χ3n) is 8.30. The number of allylic oxidation sites excluding steroid dienone is 2. The Morgan fingerprint density at radius 3 is 2.36 bits per heavy atom. The third-order valence-corrected chi connectivity index (χ3v) is 11.4. The molecule has 3 saturated carbocycles. The van der Waals surface area contributed by atoms with Gasteiger partial charge in [0.1, 0.15) is 0 Å². The minimum absolute atomic E-state index is 0.0510. The van der Waals surface area contributed by atoms with E-state index >= 15 is 0 Å². The maximum Gasteiger partial charge on any atom is 0.364 e. The van der Waals surface area contributed by atoms with Crippen LogP contribution >= 0.6 is 0 Å². The van der Waals surface area contributed by atoms with E-state index < -0.39 is 14.5 Å². The number of aliphatic hydroxyl groups excluding tert-OH is 1. The standard InChI is InChI=1S/C21H34O6Si/c1-25-28(12-22,26-2)9-3-7-27-8-6-15-16-11-17(20(15)21(23)24)19-14-5-4-13(10-14)18(16)19/h4-5,13-20,22H,3,6-12H2,1-2H3,(H,23,24). The van der Waals surface area contributed by atoms with Crippen molar-refractivity contribution >= 4 is 14.5 Å². The summed E-state index contributed by atoms with van der Waals surface area (Å²) in [5.41, 5.74) is 0. The molecule has 7 heteroatoms. The number of hydrogen-bond donors (Lipinski definition) is 2. The first kappa shape index (κ1) is 20.5. The van der Waals surface area contributed by atoms with Gasteiger partial charge in [-0.15, -0.1) is 0 Å². The molecule has 158 valence electrons. The number of hydrogen-bond acceptors (Lipinski definition) is 5. The molecule has 0 amide bonds. The molecular weight excluding hydrogens is 376 g/mol. The molecule has 6 nitrogen and oxygen atoms in total. The lowest BCUT2D eigenvalue weighted by Gasteiger charge is -2.40. The maximum absolute atomic E-state index is 12.0. The molecule has 4 rings (SSSR count). The molecule has 0 aromatic rings. The predicted molar refractivity (Wildman–Crippen MR) is 106 cm³/mol. The van der Waals surface area contributed by atoms with Crippen LogP contribution in [0.15, 0.2) is 12.2 Å². The fraction of sp³-hybridized carbons (Fsp3) is 0.857. The Morgan fingerprint density at radius 2 is 1.75 bits per heavy atom. The number of carboxylic acids is 1. The summed E-state index contributed by atoms with van der Waals surface area (Å²) in [5.74, 6) is 3.11. The lowest BCUT2D eigenvalue weighted by molar-refractivity contribution is -0.148. The van der Waals surface area contributed by atoms with Crippen LogP contribution < -0.4 is 0 Å². The Bertz CT molecular complexity index is 597. The number of carbonyl (C=O) groups is 1. The fourth-order valence-corrected chi connectivity index (χ4v) is 8.86. The minimum atomic E-state index is -2.47. The van der Waals surface area contributed by atoms with E-state index in [-0.39, 0.29) is 18.1 Å². The monoisotopic (exact) mass is 410 g/mol. The molecule has 3 fully saturated rings. The second kappa shape index (κ2) is 8.18. The van der Waals surface area contributed by atoms with Crippen molar-refractivity contribution in [3.05, 3.63) is 12.2 Å². The molecule has 2 N–H and O–H groups in total. The van der Waals surface area contributed by atoms with E-state index in [0.717, 1.165) is 25.2 Å². The number of ether oxygens (including phenoxy) is 1. The molecule has 4 aliphatic carbocycles. The van der Waals surface area contributed by atoms with E-state index in [0.29, 0.717) is 48.8 Å². The molecule has 0 aliphatic heterocycles. The van der Waals surface area contributed by atoms with Gasteiger partial charge in [0, 0.05) is 27.4 Å². The number of aliphatic hydroxyl groups is 1. The van der Waals surface area contributed by atoms with Crippen molar-refractivity contribution in [2.24, 2.45) is 47.3 Å². The summed E-state index contributed by atoms with van der Waals surface area (Å²) >= 11 is 0.